The van der Waals surface area contributed by atoms with Crippen LogP contribution in [0.4, 0.5) is 0 Å². The molecule has 0 saturated carbocycles. The van der Waals surface area contributed by atoms with Gasteiger partial charge in [-0.05, 0) is 18.6 Å². The van der Waals surface area contributed by atoms with E-state index in [1.165, 1.54) is 12.3 Å². The molecule has 9 heteroatoms. The van der Waals surface area contributed by atoms with Crippen LogP contribution in [0.25, 0.3) is 5.53 Å². The van der Waals surface area contributed by atoms with Crippen molar-refractivity contribution < 1.29 is 29.4 Å². The number of ketones is 1. The lowest BCUT2D eigenvalue weighted by molar-refractivity contribution is -0.143. The van der Waals surface area contributed by atoms with Crippen LogP contribution in [-0.4, -0.2) is 49.9 Å². The van der Waals surface area contributed by atoms with Crippen LogP contribution in [0, 0.1) is 0 Å². The summed E-state index contributed by atoms with van der Waals surface area (Å²) in [6.07, 6.45) is 0.210. The van der Waals surface area contributed by atoms with E-state index in [0.717, 1.165) is 0 Å². The van der Waals surface area contributed by atoms with E-state index in [0.29, 0.717) is 6.21 Å². The zero-order chi connectivity index (χ0) is 15.8. The van der Waals surface area contributed by atoms with E-state index in [2.05, 4.69) is 15.1 Å². The van der Waals surface area contributed by atoms with Crippen LogP contribution in [0.2, 0.25) is 0 Å². The number of carbonyl (C=O) groups is 3. The van der Waals surface area contributed by atoms with Gasteiger partial charge in [0.25, 0.3) is 5.91 Å². The fraction of sp³-hybridized carbons (Fsp3) is 0.333. The van der Waals surface area contributed by atoms with E-state index in [4.69, 9.17) is 10.6 Å². The summed E-state index contributed by atoms with van der Waals surface area (Å²) in [6, 6.07) is 1.72. The number of carboxylic acids is 1. The van der Waals surface area contributed by atoms with Crippen LogP contribution >= 0.6 is 0 Å². The molecule has 0 aromatic carbocycles. The summed E-state index contributed by atoms with van der Waals surface area (Å²) < 4.78 is 0. The number of carbonyl (C=O) groups excluding carboxylic acids is 2. The van der Waals surface area contributed by atoms with Crippen LogP contribution in [0.3, 0.4) is 0 Å². The highest BCUT2D eigenvalue weighted by Gasteiger charge is 2.26. The van der Waals surface area contributed by atoms with Crippen LogP contribution in [0.15, 0.2) is 18.3 Å². The number of nitrogens with one attached hydrogen (secondary N) is 2. The van der Waals surface area contributed by atoms with E-state index >= 15 is 0 Å². The zero-order valence-electron chi connectivity index (χ0n) is 10.9. The van der Waals surface area contributed by atoms with E-state index in [1.807, 2.05) is 0 Å². The number of hydrogen-bond donors (Lipinski definition) is 4. The Balaban J connectivity index is 2.61. The second kappa shape index (κ2) is 7.73. The van der Waals surface area contributed by atoms with Gasteiger partial charge < -0.3 is 26.0 Å². The van der Waals surface area contributed by atoms with Crippen molar-refractivity contribution in [1.82, 2.24) is 10.3 Å². The molecule has 0 aliphatic carbocycles. The molecule has 4 N–H and O–H groups in total. The molecule has 21 heavy (non-hydrogen) atoms. The Hall–Kier alpha value is -2.77. The molecule has 2 atom stereocenters. The molecule has 1 rings (SSSR count). The van der Waals surface area contributed by atoms with Crippen molar-refractivity contribution in [3.8, 4) is 0 Å². The number of H-pyrrole nitrogens is 1. The second-order valence-electron chi connectivity index (χ2n) is 4.18. The number of aromatic amines is 1. The molecular weight excluding hydrogens is 280 g/mol. The number of aliphatic carboxylic acids is 1. The smallest absolute Gasteiger partial charge is 0.326 e. The highest BCUT2D eigenvalue weighted by Crippen LogP contribution is 2.10. The number of rotatable bonds is 8. The Morgan fingerprint density at radius 2 is 2.19 bits per heavy atom. The van der Waals surface area contributed by atoms with Gasteiger partial charge in [-0.15, -0.1) is 0 Å². The van der Waals surface area contributed by atoms with E-state index in [-0.39, 0.29) is 18.5 Å². The fourth-order valence-electron chi connectivity index (χ4n) is 1.58. The molecule has 2 unspecified atom stereocenters. The van der Waals surface area contributed by atoms with Crippen molar-refractivity contribution >= 4 is 23.9 Å². The lowest BCUT2D eigenvalue weighted by Crippen LogP contribution is -2.43. The van der Waals surface area contributed by atoms with Gasteiger partial charge in [0.05, 0.1) is 5.69 Å². The minimum Gasteiger partial charge on any atom is -0.480 e. The van der Waals surface area contributed by atoms with Crippen molar-refractivity contribution in [1.29, 1.82) is 0 Å². The third-order valence-corrected chi connectivity index (χ3v) is 2.66. The monoisotopic (exact) mass is 294 g/mol. The molecule has 9 nitrogen and oxygen atoms in total. The number of Topliss-reactive ketones (excluding diaryl/α,β-unsaturated/α-hetero) is 1. The second-order valence-corrected chi connectivity index (χ2v) is 4.18. The molecule has 1 aromatic heterocycles. The summed E-state index contributed by atoms with van der Waals surface area (Å²) in [7, 11) is 0. The Morgan fingerprint density at radius 1 is 1.48 bits per heavy atom. The Kier molecular flexibility index (Phi) is 5.99. The van der Waals surface area contributed by atoms with Crippen LogP contribution < -0.4 is 5.32 Å². The summed E-state index contributed by atoms with van der Waals surface area (Å²) in [4.78, 5) is 39.0. The number of aliphatic hydroxyl groups excluding tert-OH is 1. The van der Waals surface area contributed by atoms with E-state index in [9.17, 15) is 19.5 Å². The normalized spacial score (nSPS) is 12.8. The minimum atomic E-state index is -1.53. The Bertz CT molecular complexity index is 562. The maximum atomic E-state index is 11.7. The standard InChI is InChI=1S/C12H14N4O5/c13-15-6-7(17)3-4-9(12(20)21)16-11(19)10(18)8-2-1-5-14-8/h1-2,5-6,9-10,14,18H,3-4H2,(H,16,19)(H,20,21). The zero-order valence-corrected chi connectivity index (χ0v) is 10.9. The van der Waals surface area contributed by atoms with Gasteiger partial charge >= 0.3 is 12.2 Å². The maximum absolute atomic E-state index is 11.7. The maximum Gasteiger partial charge on any atom is 0.326 e. The number of aromatic nitrogens is 1. The van der Waals surface area contributed by atoms with Gasteiger partial charge in [0.2, 0.25) is 5.78 Å². The topological polar surface area (TPSA) is 156 Å². The quantitative estimate of drug-likeness (QED) is 0.282. The van der Waals surface area contributed by atoms with Crippen molar-refractivity contribution in [3.05, 3.63) is 29.6 Å². The summed E-state index contributed by atoms with van der Waals surface area (Å²) in [5.74, 6) is -2.81. The number of amides is 1. The third-order valence-electron chi connectivity index (χ3n) is 2.66. The van der Waals surface area contributed by atoms with Gasteiger partial charge in [0.1, 0.15) is 6.04 Å². The third kappa shape index (κ3) is 5.01. The van der Waals surface area contributed by atoms with E-state index < -0.39 is 29.8 Å². The molecule has 1 heterocycles. The first-order chi connectivity index (χ1) is 9.95. The first-order valence-corrected chi connectivity index (χ1v) is 6.00. The highest BCUT2D eigenvalue weighted by molar-refractivity contribution is 6.25. The van der Waals surface area contributed by atoms with Crippen molar-refractivity contribution in [2.45, 2.75) is 25.0 Å². The molecule has 0 aliphatic rings. The van der Waals surface area contributed by atoms with Crippen molar-refractivity contribution in [2.24, 2.45) is 0 Å². The fourth-order valence-corrected chi connectivity index (χ4v) is 1.58. The number of carboxylic acid groups (broad SMARTS) is 1. The van der Waals surface area contributed by atoms with Crippen LogP contribution in [-0.2, 0) is 14.4 Å². The average molecular weight is 294 g/mol. The molecule has 0 radical (unpaired) electrons. The first kappa shape index (κ1) is 16.3. The lowest BCUT2D eigenvalue weighted by atomic mass is 10.1. The summed E-state index contributed by atoms with van der Waals surface area (Å²) in [5, 5.41) is 20.8. The molecule has 112 valence electrons. The summed E-state index contributed by atoms with van der Waals surface area (Å²) in [5.41, 5.74) is 8.38. The Morgan fingerprint density at radius 3 is 2.71 bits per heavy atom. The molecule has 0 aliphatic heterocycles. The van der Waals surface area contributed by atoms with Crippen LogP contribution in [0.5, 0.6) is 0 Å². The van der Waals surface area contributed by atoms with Crippen molar-refractivity contribution in [2.75, 3.05) is 0 Å². The van der Waals surface area contributed by atoms with Gasteiger partial charge in [0, 0.05) is 12.6 Å². The number of hydrogen-bond acceptors (Lipinski definition) is 4. The number of nitrogens with zero attached hydrogens (tertiary/aromatic N) is 2. The summed E-state index contributed by atoms with van der Waals surface area (Å²) in [6.45, 7) is 0. The molecular formula is C12H14N4O5. The van der Waals surface area contributed by atoms with Gasteiger partial charge in [-0.25, -0.2) is 4.79 Å². The first-order valence-electron chi connectivity index (χ1n) is 6.00. The molecule has 1 aromatic rings. The van der Waals surface area contributed by atoms with Gasteiger partial charge in [-0.3, -0.25) is 9.59 Å². The average Bonchev–Trinajstić information content (AvgIpc) is 2.96. The van der Waals surface area contributed by atoms with Gasteiger partial charge in [-0.2, -0.15) is 4.79 Å². The largest absolute Gasteiger partial charge is 0.480 e. The SMILES string of the molecule is [N-]=[N+]=CC(=O)CCC(NC(=O)C(O)c1ccc[nH]1)C(=O)O. The number of aliphatic hydroxyl groups is 1. The molecule has 0 saturated heterocycles. The predicted molar refractivity (Wildman–Crippen MR) is 69.2 cm³/mol. The predicted octanol–water partition coefficient (Wildman–Crippen LogP) is -0.733. The van der Waals surface area contributed by atoms with Crippen molar-refractivity contribution in [3.63, 3.8) is 0 Å². The van der Waals surface area contributed by atoms with Gasteiger partial charge in [0.15, 0.2) is 6.10 Å². The lowest BCUT2D eigenvalue weighted by Gasteiger charge is -2.16. The molecule has 1 amide bonds. The highest BCUT2D eigenvalue weighted by atomic mass is 16.4. The molecule has 0 spiro atoms. The van der Waals surface area contributed by atoms with E-state index in [1.54, 1.807) is 6.07 Å². The molecule has 0 fully saturated rings. The summed E-state index contributed by atoms with van der Waals surface area (Å²) >= 11 is 0. The van der Waals surface area contributed by atoms with Gasteiger partial charge in [-0.1, -0.05) is 0 Å². The Labute approximate surface area is 119 Å². The molecule has 0 bridgehead atoms. The minimum absolute atomic E-state index is 0.191. The van der Waals surface area contributed by atoms with Crippen LogP contribution in [0.1, 0.15) is 24.6 Å².